The number of carbonyl (C=O) groups excluding carboxylic acids is 1. The molecule has 7 heteroatoms. The molecule has 1 amide bonds. The molecule has 168 valence electrons. The number of hydrogen-bond acceptors (Lipinski definition) is 6. The van der Waals surface area contributed by atoms with Gasteiger partial charge in [0.1, 0.15) is 5.82 Å². The Bertz CT molecular complexity index is 1070. The number of hydrogen-bond donors (Lipinski definition) is 1. The van der Waals surface area contributed by atoms with E-state index in [-0.39, 0.29) is 0 Å². The summed E-state index contributed by atoms with van der Waals surface area (Å²) in [5.41, 5.74) is 10.4. The normalized spacial score (nSPS) is 14.8. The van der Waals surface area contributed by atoms with Crippen LogP contribution in [0, 0.1) is 5.92 Å². The van der Waals surface area contributed by atoms with E-state index in [4.69, 9.17) is 15.7 Å². The van der Waals surface area contributed by atoms with E-state index in [0.717, 1.165) is 60.2 Å². The summed E-state index contributed by atoms with van der Waals surface area (Å²) in [6, 6.07) is 9.98. The molecule has 0 bridgehead atoms. The van der Waals surface area contributed by atoms with Crippen molar-refractivity contribution in [3.05, 3.63) is 63.6 Å². The van der Waals surface area contributed by atoms with Gasteiger partial charge in [0.2, 0.25) is 5.91 Å². The van der Waals surface area contributed by atoms with E-state index in [2.05, 4.69) is 48.2 Å². The monoisotopic (exact) mass is 449 g/mol. The van der Waals surface area contributed by atoms with Gasteiger partial charge in [-0.25, -0.2) is 9.97 Å². The lowest BCUT2D eigenvalue weighted by Gasteiger charge is -2.33. The number of benzene rings is 1. The van der Waals surface area contributed by atoms with Crippen LogP contribution in [-0.2, 0) is 12.8 Å². The fourth-order valence-corrected chi connectivity index (χ4v) is 4.86. The molecule has 3 heterocycles. The van der Waals surface area contributed by atoms with Crippen LogP contribution in [0.15, 0.2) is 41.9 Å². The molecule has 2 aromatic heterocycles. The quantitative estimate of drug-likeness (QED) is 0.593. The number of aromatic nitrogens is 2. The van der Waals surface area contributed by atoms with Gasteiger partial charge in [0.15, 0.2) is 0 Å². The Morgan fingerprint density at radius 1 is 1.12 bits per heavy atom. The number of piperazine rings is 1. The summed E-state index contributed by atoms with van der Waals surface area (Å²) >= 11 is 1.64. The highest BCUT2D eigenvalue weighted by Crippen LogP contribution is 2.26. The Hall–Kier alpha value is -2.77. The molecular weight excluding hydrogens is 418 g/mol. The molecule has 4 rings (SSSR count). The third-order valence-electron chi connectivity index (χ3n) is 5.88. The predicted molar refractivity (Wildman–Crippen MR) is 131 cm³/mol. The Balaban J connectivity index is 1.50. The van der Waals surface area contributed by atoms with Crippen LogP contribution in [0.2, 0.25) is 0 Å². The standard InChI is InChI=1S/C25H31N5OS/c1-17(2)12-18-4-5-19(25(26)31)13-21(18)14-24-28-22(16-32-24)20-6-7-23(27-15-20)30-10-8-29(3)9-11-30/h4-7,13,15-17H,8-12,14H2,1-3H3,(H2,26,31). The molecule has 0 saturated carbocycles. The highest BCUT2D eigenvalue weighted by molar-refractivity contribution is 7.10. The van der Waals surface area contributed by atoms with Crippen LogP contribution in [0.25, 0.3) is 11.3 Å². The fourth-order valence-electron chi connectivity index (χ4n) is 4.03. The van der Waals surface area contributed by atoms with Crippen LogP contribution in [0.3, 0.4) is 0 Å². The Kier molecular flexibility index (Phi) is 6.86. The molecule has 1 fully saturated rings. The van der Waals surface area contributed by atoms with Crippen molar-refractivity contribution < 1.29 is 4.79 Å². The van der Waals surface area contributed by atoms with Crippen molar-refractivity contribution in [3.8, 4) is 11.3 Å². The van der Waals surface area contributed by atoms with Crippen molar-refractivity contribution >= 4 is 23.1 Å². The lowest BCUT2D eigenvalue weighted by molar-refractivity contribution is 0.1000. The average molecular weight is 450 g/mol. The predicted octanol–water partition coefficient (Wildman–Crippen LogP) is 3.85. The van der Waals surface area contributed by atoms with Crippen LogP contribution in [-0.4, -0.2) is 54.0 Å². The first-order chi connectivity index (χ1) is 15.4. The molecule has 0 unspecified atom stereocenters. The van der Waals surface area contributed by atoms with E-state index in [1.165, 1.54) is 5.56 Å². The second-order valence-electron chi connectivity index (χ2n) is 8.94. The smallest absolute Gasteiger partial charge is 0.248 e. The minimum Gasteiger partial charge on any atom is -0.366 e. The number of pyridine rings is 1. The van der Waals surface area contributed by atoms with Crippen LogP contribution in [0.4, 0.5) is 5.82 Å². The third kappa shape index (κ3) is 5.34. The van der Waals surface area contributed by atoms with E-state index in [0.29, 0.717) is 17.9 Å². The van der Waals surface area contributed by atoms with Crippen molar-refractivity contribution in [2.24, 2.45) is 11.7 Å². The van der Waals surface area contributed by atoms with Gasteiger partial charge in [0.05, 0.1) is 10.7 Å². The maximum atomic E-state index is 11.7. The number of nitrogens with zero attached hydrogens (tertiary/aromatic N) is 4. The zero-order valence-corrected chi connectivity index (χ0v) is 19.9. The van der Waals surface area contributed by atoms with Crippen LogP contribution in [0.1, 0.15) is 40.3 Å². The summed E-state index contributed by atoms with van der Waals surface area (Å²) < 4.78 is 0. The Morgan fingerprint density at radius 2 is 1.91 bits per heavy atom. The van der Waals surface area contributed by atoms with Crippen molar-refractivity contribution in [2.45, 2.75) is 26.7 Å². The van der Waals surface area contributed by atoms with Crippen LogP contribution in [0.5, 0.6) is 0 Å². The van der Waals surface area contributed by atoms with E-state index in [1.807, 2.05) is 24.4 Å². The molecular formula is C25H31N5OS. The molecule has 1 saturated heterocycles. The second kappa shape index (κ2) is 9.79. The lowest BCUT2D eigenvalue weighted by Crippen LogP contribution is -2.44. The molecule has 32 heavy (non-hydrogen) atoms. The van der Waals surface area contributed by atoms with Gasteiger partial charge in [-0.2, -0.15) is 0 Å². The Labute approximate surface area is 194 Å². The number of amides is 1. The first-order valence-corrected chi connectivity index (χ1v) is 12.0. The number of anilines is 1. The number of nitrogens with two attached hydrogens (primary N) is 1. The highest BCUT2D eigenvalue weighted by atomic mass is 32.1. The molecule has 0 radical (unpaired) electrons. The Morgan fingerprint density at radius 3 is 2.56 bits per heavy atom. The number of carbonyl (C=O) groups is 1. The third-order valence-corrected chi connectivity index (χ3v) is 6.73. The average Bonchev–Trinajstić information content (AvgIpc) is 3.24. The van der Waals surface area contributed by atoms with Crippen molar-refractivity contribution in [1.82, 2.24) is 14.9 Å². The summed E-state index contributed by atoms with van der Waals surface area (Å²) in [7, 11) is 2.16. The number of primary amides is 1. The van der Waals surface area contributed by atoms with Gasteiger partial charge in [0, 0.05) is 55.3 Å². The van der Waals surface area contributed by atoms with Gasteiger partial charge in [-0.1, -0.05) is 19.9 Å². The molecule has 0 aliphatic carbocycles. The fraction of sp³-hybridized carbons (Fsp3) is 0.400. The highest BCUT2D eigenvalue weighted by Gasteiger charge is 2.16. The van der Waals surface area contributed by atoms with Crippen LogP contribution < -0.4 is 10.6 Å². The van der Waals surface area contributed by atoms with Gasteiger partial charge in [-0.05, 0) is 54.8 Å². The topological polar surface area (TPSA) is 75.4 Å². The minimum absolute atomic E-state index is 0.395. The molecule has 0 atom stereocenters. The molecule has 1 aliphatic heterocycles. The maximum Gasteiger partial charge on any atom is 0.248 e. The SMILES string of the molecule is CC(C)Cc1ccc(C(N)=O)cc1Cc1nc(-c2ccc(N3CCN(C)CC3)nc2)cs1. The zero-order valence-electron chi connectivity index (χ0n) is 19.0. The number of thiazole rings is 1. The zero-order chi connectivity index (χ0) is 22.7. The largest absolute Gasteiger partial charge is 0.366 e. The van der Waals surface area contributed by atoms with Crippen molar-refractivity contribution in [1.29, 1.82) is 0 Å². The van der Waals surface area contributed by atoms with E-state index in [9.17, 15) is 4.79 Å². The molecule has 3 aromatic rings. The summed E-state index contributed by atoms with van der Waals surface area (Å²) in [6.45, 7) is 8.54. The van der Waals surface area contributed by atoms with E-state index >= 15 is 0 Å². The van der Waals surface area contributed by atoms with Gasteiger partial charge in [-0.3, -0.25) is 4.79 Å². The molecule has 2 N–H and O–H groups in total. The maximum absolute atomic E-state index is 11.7. The minimum atomic E-state index is -0.395. The molecule has 1 aromatic carbocycles. The van der Waals surface area contributed by atoms with Gasteiger partial charge >= 0.3 is 0 Å². The van der Waals surface area contributed by atoms with E-state index in [1.54, 1.807) is 11.3 Å². The number of rotatable bonds is 7. The number of likely N-dealkylation sites (N-methyl/N-ethyl adjacent to an activating group) is 1. The summed E-state index contributed by atoms with van der Waals surface area (Å²) in [5, 5.41) is 3.11. The first kappa shape index (κ1) is 22.4. The van der Waals surface area contributed by atoms with Gasteiger partial charge < -0.3 is 15.5 Å². The summed E-state index contributed by atoms with van der Waals surface area (Å²) in [6.07, 6.45) is 3.58. The van der Waals surface area contributed by atoms with Crippen molar-refractivity contribution in [2.75, 3.05) is 38.1 Å². The molecule has 6 nitrogen and oxygen atoms in total. The molecule has 1 aliphatic rings. The second-order valence-corrected chi connectivity index (χ2v) is 9.89. The molecule has 0 spiro atoms. The van der Waals surface area contributed by atoms with Crippen LogP contribution >= 0.6 is 11.3 Å². The summed E-state index contributed by atoms with van der Waals surface area (Å²) in [4.78, 5) is 25.9. The van der Waals surface area contributed by atoms with Gasteiger partial charge in [0.25, 0.3) is 0 Å². The first-order valence-electron chi connectivity index (χ1n) is 11.1. The van der Waals surface area contributed by atoms with Gasteiger partial charge in [-0.15, -0.1) is 11.3 Å². The lowest BCUT2D eigenvalue weighted by atomic mass is 9.94. The van der Waals surface area contributed by atoms with Crippen molar-refractivity contribution in [3.63, 3.8) is 0 Å². The summed E-state index contributed by atoms with van der Waals surface area (Å²) in [5.74, 6) is 1.16. The van der Waals surface area contributed by atoms with E-state index < -0.39 is 5.91 Å².